The summed E-state index contributed by atoms with van der Waals surface area (Å²) in [4.78, 5) is 15.7. The Labute approximate surface area is 140 Å². The molecule has 1 aromatic rings. The number of benzene rings is 1. The van der Waals surface area contributed by atoms with Crippen molar-refractivity contribution in [3.05, 3.63) is 35.4 Å². The van der Waals surface area contributed by atoms with Crippen LogP contribution in [0.25, 0.3) is 0 Å². The number of hydrogen-bond donors (Lipinski definition) is 0. The van der Waals surface area contributed by atoms with Crippen molar-refractivity contribution in [2.45, 2.75) is 26.6 Å². The highest BCUT2D eigenvalue weighted by molar-refractivity contribution is 5.67. The largest absolute Gasteiger partial charge is 0.449 e. The molecule has 4 nitrogen and oxygen atoms in total. The van der Waals surface area contributed by atoms with E-state index in [4.69, 9.17) is 4.74 Å². The van der Waals surface area contributed by atoms with E-state index in [1.54, 1.807) is 4.90 Å². The number of nitrogens with zero attached hydrogens (tertiary/aromatic N) is 2. The van der Waals surface area contributed by atoms with Gasteiger partial charge in [0, 0.05) is 32.7 Å². The molecular weight excluding hydrogens is 321 g/mol. The van der Waals surface area contributed by atoms with Gasteiger partial charge >= 0.3 is 12.3 Å². The van der Waals surface area contributed by atoms with E-state index in [-0.39, 0.29) is 6.09 Å². The van der Waals surface area contributed by atoms with Crippen molar-refractivity contribution in [1.82, 2.24) is 9.80 Å². The van der Waals surface area contributed by atoms with Crippen LogP contribution in [0, 0.1) is 5.92 Å². The first-order chi connectivity index (χ1) is 11.3. The lowest BCUT2D eigenvalue weighted by molar-refractivity contribution is -0.137. The van der Waals surface area contributed by atoms with E-state index in [2.05, 4.69) is 4.90 Å². The van der Waals surface area contributed by atoms with E-state index < -0.39 is 11.7 Å². The van der Waals surface area contributed by atoms with Gasteiger partial charge in [0.1, 0.15) is 0 Å². The zero-order chi connectivity index (χ0) is 17.7. The highest BCUT2D eigenvalue weighted by atomic mass is 19.4. The van der Waals surface area contributed by atoms with Crippen molar-refractivity contribution in [2.24, 2.45) is 5.92 Å². The highest BCUT2D eigenvalue weighted by Crippen LogP contribution is 2.29. The normalized spacial score (nSPS) is 16.5. The molecule has 1 heterocycles. The van der Waals surface area contributed by atoms with Crippen molar-refractivity contribution in [1.29, 1.82) is 0 Å². The number of halogens is 3. The molecule has 0 aromatic heterocycles. The first kappa shape index (κ1) is 18.6. The number of piperazine rings is 1. The van der Waals surface area contributed by atoms with Crippen molar-refractivity contribution < 1.29 is 22.7 Å². The fourth-order valence-electron chi connectivity index (χ4n) is 2.48. The SMILES string of the molecule is CC(C)COC(=O)N1CCN(Cc2ccc(C(F)(F)F)cc2)CC1. The molecule has 1 saturated heterocycles. The highest BCUT2D eigenvalue weighted by Gasteiger charge is 2.30. The summed E-state index contributed by atoms with van der Waals surface area (Å²) in [6.45, 7) is 7.44. The number of amides is 1. The Bertz CT molecular complexity index is 536. The summed E-state index contributed by atoms with van der Waals surface area (Å²) in [6, 6.07) is 5.22. The van der Waals surface area contributed by atoms with Crippen LogP contribution in [0.4, 0.5) is 18.0 Å². The number of rotatable bonds is 4. The predicted octanol–water partition coefficient (Wildman–Crippen LogP) is 3.62. The average molecular weight is 344 g/mol. The Balaban J connectivity index is 1.79. The number of hydrogen-bond acceptors (Lipinski definition) is 3. The first-order valence-electron chi connectivity index (χ1n) is 8.06. The number of ether oxygens (including phenoxy) is 1. The van der Waals surface area contributed by atoms with Gasteiger partial charge in [-0.25, -0.2) is 4.79 Å². The van der Waals surface area contributed by atoms with Crippen LogP contribution < -0.4 is 0 Å². The maximum Gasteiger partial charge on any atom is 0.416 e. The molecule has 1 aliphatic heterocycles. The third-order valence-electron chi connectivity index (χ3n) is 3.86. The minimum Gasteiger partial charge on any atom is -0.449 e. The zero-order valence-corrected chi connectivity index (χ0v) is 14.0. The van der Waals surface area contributed by atoms with Gasteiger partial charge in [0.05, 0.1) is 12.2 Å². The molecule has 0 radical (unpaired) electrons. The van der Waals surface area contributed by atoms with Gasteiger partial charge in [-0.05, 0) is 23.6 Å². The van der Waals surface area contributed by atoms with Crippen LogP contribution in [0.15, 0.2) is 24.3 Å². The van der Waals surface area contributed by atoms with Crippen molar-refractivity contribution >= 4 is 6.09 Å². The van der Waals surface area contributed by atoms with Crippen LogP contribution in [0.5, 0.6) is 0 Å². The summed E-state index contributed by atoms with van der Waals surface area (Å²) < 4.78 is 42.9. The van der Waals surface area contributed by atoms with Gasteiger partial charge in [0.25, 0.3) is 0 Å². The van der Waals surface area contributed by atoms with Crippen LogP contribution in [-0.2, 0) is 17.5 Å². The summed E-state index contributed by atoms with van der Waals surface area (Å²) in [5, 5.41) is 0. The van der Waals surface area contributed by atoms with Crippen LogP contribution in [-0.4, -0.2) is 48.7 Å². The van der Waals surface area contributed by atoms with E-state index in [0.29, 0.717) is 45.2 Å². The molecule has 7 heteroatoms. The summed E-state index contributed by atoms with van der Waals surface area (Å²) in [5.41, 5.74) is 0.197. The molecule has 0 spiro atoms. The molecule has 0 atom stereocenters. The summed E-state index contributed by atoms with van der Waals surface area (Å²) in [6.07, 6.45) is -4.60. The van der Waals surface area contributed by atoms with E-state index in [9.17, 15) is 18.0 Å². The second-order valence-corrected chi connectivity index (χ2v) is 6.43. The molecule has 1 aliphatic rings. The fraction of sp³-hybridized carbons (Fsp3) is 0.588. The molecular formula is C17H23F3N2O2. The Morgan fingerprint density at radius 1 is 1.12 bits per heavy atom. The van der Waals surface area contributed by atoms with Gasteiger partial charge in [-0.1, -0.05) is 26.0 Å². The topological polar surface area (TPSA) is 32.8 Å². The van der Waals surface area contributed by atoms with E-state index in [1.165, 1.54) is 12.1 Å². The number of carbonyl (C=O) groups is 1. The quantitative estimate of drug-likeness (QED) is 0.836. The maximum absolute atomic E-state index is 12.5. The van der Waals surface area contributed by atoms with Gasteiger partial charge in [0.2, 0.25) is 0 Å². The molecule has 0 bridgehead atoms. The van der Waals surface area contributed by atoms with Gasteiger partial charge in [-0.3, -0.25) is 4.90 Å². The van der Waals surface area contributed by atoms with E-state index in [1.807, 2.05) is 13.8 Å². The Kier molecular flexibility index (Phi) is 6.10. The number of alkyl halides is 3. The van der Waals surface area contributed by atoms with Gasteiger partial charge in [-0.2, -0.15) is 13.2 Å². The standard InChI is InChI=1S/C17H23F3N2O2/c1-13(2)12-24-16(23)22-9-7-21(8-10-22)11-14-3-5-15(6-4-14)17(18,19)20/h3-6,13H,7-12H2,1-2H3. The van der Waals surface area contributed by atoms with Crippen LogP contribution in [0.1, 0.15) is 25.0 Å². The van der Waals surface area contributed by atoms with Crippen molar-refractivity contribution in [3.63, 3.8) is 0 Å². The molecule has 0 saturated carbocycles. The Morgan fingerprint density at radius 2 is 1.71 bits per heavy atom. The second-order valence-electron chi connectivity index (χ2n) is 6.43. The molecule has 0 unspecified atom stereocenters. The molecule has 0 aliphatic carbocycles. The molecule has 2 rings (SSSR count). The first-order valence-corrected chi connectivity index (χ1v) is 8.06. The molecule has 0 N–H and O–H groups in total. The molecule has 1 aromatic carbocycles. The molecule has 1 fully saturated rings. The Morgan fingerprint density at radius 3 is 2.21 bits per heavy atom. The van der Waals surface area contributed by atoms with E-state index in [0.717, 1.165) is 17.7 Å². The monoisotopic (exact) mass is 344 g/mol. The minimum atomic E-state index is -4.31. The Hall–Kier alpha value is -1.76. The molecule has 134 valence electrons. The van der Waals surface area contributed by atoms with Crippen molar-refractivity contribution in [2.75, 3.05) is 32.8 Å². The van der Waals surface area contributed by atoms with Gasteiger partial charge in [-0.15, -0.1) is 0 Å². The third-order valence-corrected chi connectivity index (χ3v) is 3.86. The van der Waals surface area contributed by atoms with E-state index >= 15 is 0 Å². The smallest absolute Gasteiger partial charge is 0.416 e. The van der Waals surface area contributed by atoms with Crippen LogP contribution in [0.2, 0.25) is 0 Å². The lowest BCUT2D eigenvalue weighted by atomic mass is 10.1. The van der Waals surface area contributed by atoms with Crippen LogP contribution in [0.3, 0.4) is 0 Å². The minimum absolute atomic E-state index is 0.294. The lowest BCUT2D eigenvalue weighted by Gasteiger charge is -2.34. The van der Waals surface area contributed by atoms with Crippen LogP contribution >= 0.6 is 0 Å². The summed E-state index contributed by atoms with van der Waals surface area (Å²) >= 11 is 0. The van der Waals surface area contributed by atoms with Gasteiger partial charge < -0.3 is 9.64 Å². The summed E-state index contributed by atoms with van der Waals surface area (Å²) in [7, 11) is 0. The average Bonchev–Trinajstić information content (AvgIpc) is 2.53. The lowest BCUT2D eigenvalue weighted by Crippen LogP contribution is -2.48. The summed E-state index contributed by atoms with van der Waals surface area (Å²) in [5.74, 6) is 0.301. The fourth-order valence-corrected chi connectivity index (χ4v) is 2.48. The van der Waals surface area contributed by atoms with Gasteiger partial charge in [0.15, 0.2) is 0 Å². The molecule has 1 amide bonds. The zero-order valence-electron chi connectivity index (χ0n) is 14.0. The number of carbonyl (C=O) groups excluding carboxylic acids is 1. The van der Waals surface area contributed by atoms with Crippen molar-refractivity contribution in [3.8, 4) is 0 Å². The predicted molar refractivity (Wildman–Crippen MR) is 84.5 cm³/mol. The maximum atomic E-state index is 12.5. The molecule has 24 heavy (non-hydrogen) atoms. The third kappa shape index (κ3) is 5.40. The second kappa shape index (κ2) is 7.88.